The fourth-order valence-electron chi connectivity index (χ4n) is 2.72. The maximum atomic E-state index is 11.8. The van der Waals surface area contributed by atoms with Gasteiger partial charge in [-0.2, -0.15) is 0 Å². The van der Waals surface area contributed by atoms with Gasteiger partial charge in [-0.1, -0.05) is 0 Å². The minimum absolute atomic E-state index is 0.0450. The van der Waals surface area contributed by atoms with Gasteiger partial charge in [0.25, 0.3) is 0 Å². The van der Waals surface area contributed by atoms with Crippen molar-refractivity contribution < 1.29 is 18.7 Å². The molecular weight excluding hydrogens is 332 g/mol. The molecule has 1 aromatic carbocycles. The summed E-state index contributed by atoms with van der Waals surface area (Å²) in [4.78, 5) is 23.6. The molecule has 2 aromatic rings. The zero-order valence-corrected chi connectivity index (χ0v) is 15.6. The number of hydrogen-bond donors (Lipinski definition) is 0. The van der Waals surface area contributed by atoms with Gasteiger partial charge in [0.15, 0.2) is 5.60 Å². The molecular formula is C21H22O5. The van der Waals surface area contributed by atoms with Gasteiger partial charge >= 0.3 is 5.63 Å². The minimum Gasteiger partial charge on any atom is -0.489 e. The van der Waals surface area contributed by atoms with Crippen molar-refractivity contribution in [3.8, 4) is 5.75 Å². The van der Waals surface area contributed by atoms with Crippen LogP contribution in [0.3, 0.4) is 0 Å². The van der Waals surface area contributed by atoms with Gasteiger partial charge < -0.3 is 13.9 Å². The molecule has 0 unspecified atom stereocenters. The molecule has 26 heavy (non-hydrogen) atoms. The van der Waals surface area contributed by atoms with Crippen molar-refractivity contribution in [1.82, 2.24) is 0 Å². The van der Waals surface area contributed by atoms with Crippen LogP contribution in [-0.2, 0) is 9.53 Å². The molecule has 1 aliphatic heterocycles. The van der Waals surface area contributed by atoms with Gasteiger partial charge in [-0.05, 0) is 64.0 Å². The Kier molecular flexibility index (Phi) is 4.48. The molecule has 5 heteroatoms. The Labute approximate surface area is 151 Å². The van der Waals surface area contributed by atoms with Crippen LogP contribution in [0.2, 0.25) is 0 Å². The van der Waals surface area contributed by atoms with Crippen molar-refractivity contribution in [3.63, 3.8) is 0 Å². The molecule has 3 rings (SSSR count). The first-order valence-electron chi connectivity index (χ1n) is 8.48. The lowest BCUT2D eigenvalue weighted by Crippen LogP contribution is -2.27. The molecule has 0 bridgehead atoms. The molecule has 0 amide bonds. The highest BCUT2D eigenvalue weighted by molar-refractivity contribution is 5.99. The molecule has 0 aliphatic carbocycles. The van der Waals surface area contributed by atoms with E-state index < -0.39 is 5.60 Å². The average Bonchev–Trinajstić information content (AvgIpc) is 2.86. The number of hydrogen-bond acceptors (Lipinski definition) is 5. The summed E-state index contributed by atoms with van der Waals surface area (Å²) < 4.78 is 16.7. The van der Waals surface area contributed by atoms with Crippen LogP contribution in [0.25, 0.3) is 11.0 Å². The number of rotatable bonds is 4. The van der Waals surface area contributed by atoms with Crippen LogP contribution in [0.1, 0.15) is 31.9 Å². The van der Waals surface area contributed by atoms with Crippen LogP contribution in [0.15, 0.2) is 50.9 Å². The van der Waals surface area contributed by atoms with E-state index in [0.717, 1.165) is 16.5 Å². The Hall–Kier alpha value is -2.82. The smallest absolute Gasteiger partial charge is 0.339 e. The highest BCUT2D eigenvalue weighted by Crippen LogP contribution is 2.28. The number of benzene rings is 1. The molecule has 2 heterocycles. The minimum atomic E-state index is -0.808. The Morgan fingerprint density at radius 1 is 1.19 bits per heavy atom. The molecule has 1 aromatic heterocycles. The summed E-state index contributed by atoms with van der Waals surface area (Å²) in [5.74, 6) is 1.13. The Morgan fingerprint density at radius 2 is 1.92 bits per heavy atom. The van der Waals surface area contributed by atoms with Gasteiger partial charge in [-0.3, -0.25) is 4.79 Å². The Balaban J connectivity index is 1.74. The number of ketones is 1. The van der Waals surface area contributed by atoms with Gasteiger partial charge in [-0.15, -0.1) is 0 Å². The zero-order valence-electron chi connectivity index (χ0n) is 15.6. The zero-order chi connectivity index (χ0) is 19.1. The average molecular weight is 354 g/mol. The summed E-state index contributed by atoms with van der Waals surface area (Å²) in [6.45, 7) is 9.32. The lowest BCUT2D eigenvalue weighted by atomic mass is 10.1. The molecule has 0 saturated carbocycles. The summed E-state index contributed by atoms with van der Waals surface area (Å²) in [5.41, 5.74) is 1.73. The predicted molar refractivity (Wildman–Crippen MR) is 99.5 cm³/mol. The fourth-order valence-corrected chi connectivity index (χ4v) is 2.72. The largest absolute Gasteiger partial charge is 0.489 e. The number of carbonyl (C=O) groups is 1. The summed E-state index contributed by atoms with van der Waals surface area (Å²) in [7, 11) is 0. The SMILES string of the molecule is CC(=CCOc1ccc2c(C)c(C)c(=O)oc2c1)C1=CC(=O)C(C)(C)O1. The van der Waals surface area contributed by atoms with E-state index in [2.05, 4.69) is 0 Å². The lowest BCUT2D eigenvalue weighted by Gasteiger charge is -2.18. The predicted octanol–water partition coefficient (Wildman–Crippen LogP) is 4.00. The monoisotopic (exact) mass is 354 g/mol. The molecule has 0 fully saturated rings. The third-order valence-corrected chi connectivity index (χ3v) is 4.68. The van der Waals surface area contributed by atoms with E-state index in [1.807, 2.05) is 32.1 Å². The van der Waals surface area contributed by atoms with Gasteiger partial charge in [0.1, 0.15) is 23.7 Å². The molecule has 0 saturated heterocycles. The van der Waals surface area contributed by atoms with E-state index in [1.165, 1.54) is 6.08 Å². The van der Waals surface area contributed by atoms with Crippen molar-refractivity contribution in [2.24, 2.45) is 0 Å². The third-order valence-electron chi connectivity index (χ3n) is 4.68. The van der Waals surface area contributed by atoms with Crippen LogP contribution < -0.4 is 10.4 Å². The molecule has 0 radical (unpaired) electrons. The summed E-state index contributed by atoms with van der Waals surface area (Å²) in [6, 6.07) is 5.44. The summed E-state index contributed by atoms with van der Waals surface area (Å²) in [6.07, 6.45) is 3.36. The van der Waals surface area contributed by atoms with Crippen molar-refractivity contribution in [2.45, 2.75) is 40.2 Å². The Morgan fingerprint density at radius 3 is 2.58 bits per heavy atom. The first kappa shape index (κ1) is 18.0. The van der Waals surface area contributed by atoms with Gasteiger partial charge in [0.05, 0.1) is 0 Å². The summed E-state index contributed by atoms with van der Waals surface area (Å²) in [5, 5.41) is 0.895. The number of allylic oxidation sites excluding steroid dienone is 1. The van der Waals surface area contributed by atoms with E-state index >= 15 is 0 Å². The molecule has 0 atom stereocenters. The lowest BCUT2D eigenvalue weighted by molar-refractivity contribution is -0.126. The van der Waals surface area contributed by atoms with Crippen molar-refractivity contribution in [2.75, 3.05) is 6.61 Å². The Bertz CT molecular complexity index is 1000. The molecule has 5 nitrogen and oxygen atoms in total. The maximum absolute atomic E-state index is 11.8. The van der Waals surface area contributed by atoms with E-state index in [0.29, 0.717) is 29.3 Å². The van der Waals surface area contributed by atoms with Crippen LogP contribution in [0, 0.1) is 13.8 Å². The summed E-state index contributed by atoms with van der Waals surface area (Å²) >= 11 is 0. The second-order valence-corrected chi connectivity index (χ2v) is 6.98. The van der Waals surface area contributed by atoms with Gasteiger partial charge in [-0.25, -0.2) is 4.79 Å². The topological polar surface area (TPSA) is 65.7 Å². The van der Waals surface area contributed by atoms with Crippen molar-refractivity contribution in [1.29, 1.82) is 0 Å². The quantitative estimate of drug-likeness (QED) is 0.777. The van der Waals surface area contributed by atoms with Crippen LogP contribution in [0.5, 0.6) is 5.75 Å². The molecule has 136 valence electrons. The first-order valence-corrected chi connectivity index (χ1v) is 8.48. The highest BCUT2D eigenvalue weighted by atomic mass is 16.5. The fraction of sp³-hybridized carbons (Fsp3) is 0.333. The second kappa shape index (κ2) is 6.48. The normalized spacial score (nSPS) is 16.6. The number of carbonyl (C=O) groups excluding carboxylic acids is 1. The van der Waals surface area contributed by atoms with E-state index in [9.17, 15) is 9.59 Å². The van der Waals surface area contributed by atoms with Crippen molar-refractivity contribution in [3.05, 3.63) is 63.2 Å². The van der Waals surface area contributed by atoms with Crippen molar-refractivity contribution >= 4 is 16.8 Å². The van der Waals surface area contributed by atoms with Crippen LogP contribution in [-0.4, -0.2) is 18.0 Å². The number of aryl methyl sites for hydroxylation is 1. The van der Waals surface area contributed by atoms with E-state index in [-0.39, 0.29) is 11.4 Å². The van der Waals surface area contributed by atoms with Gasteiger partial charge in [0.2, 0.25) is 5.78 Å². The van der Waals surface area contributed by atoms with Crippen LogP contribution >= 0.6 is 0 Å². The van der Waals surface area contributed by atoms with Gasteiger partial charge in [0, 0.05) is 23.1 Å². The number of ether oxygens (including phenoxy) is 2. The first-order chi connectivity index (χ1) is 12.2. The third kappa shape index (κ3) is 3.29. The number of fused-ring (bicyclic) bond motifs is 1. The van der Waals surface area contributed by atoms with E-state index in [4.69, 9.17) is 13.9 Å². The highest BCUT2D eigenvalue weighted by Gasteiger charge is 2.35. The standard InChI is InChI=1S/C21H22O5/c1-12(17-11-19(22)21(4,5)26-17)8-9-24-15-6-7-16-13(2)14(3)20(23)25-18(16)10-15/h6-8,10-11H,9H2,1-5H3. The molecule has 0 N–H and O–H groups in total. The van der Waals surface area contributed by atoms with Crippen LogP contribution in [0.4, 0.5) is 0 Å². The van der Waals surface area contributed by atoms with E-state index in [1.54, 1.807) is 26.8 Å². The molecule has 1 aliphatic rings. The second-order valence-electron chi connectivity index (χ2n) is 6.98. The molecule has 0 spiro atoms. The maximum Gasteiger partial charge on any atom is 0.339 e.